The van der Waals surface area contributed by atoms with Crippen LogP contribution in [0.1, 0.15) is 27.9 Å². The molecule has 0 saturated carbocycles. The van der Waals surface area contributed by atoms with Crippen LogP contribution < -0.4 is 4.90 Å². The molecule has 0 amide bonds. The molecule has 1 saturated heterocycles. The first-order valence-corrected chi connectivity index (χ1v) is 13.0. The summed E-state index contributed by atoms with van der Waals surface area (Å²) in [4.78, 5) is 9.96. The first-order chi connectivity index (χ1) is 15.6. The fourth-order valence-corrected chi connectivity index (χ4v) is 6.12. The Bertz CT molecular complexity index is 1110. The van der Waals surface area contributed by atoms with Crippen LogP contribution in [0.25, 0.3) is 11.1 Å². The van der Waals surface area contributed by atoms with Gasteiger partial charge >= 0.3 is 0 Å². The molecule has 3 aromatic rings. The van der Waals surface area contributed by atoms with Crippen LogP contribution in [0.3, 0.4) is 0 Å². The Kier molecular flexibility index (Phi) is 6.45. The van der Waals surface area contributed by atoms with Gasteiger partial charge in [-0.1, -0.05) is 29.8 Å². The van der Waals surface area contributed by atoms with Gasteiger partial charge in [0.15, 0.2) is 0 Å². The van der Waals surface area contributed by atoms with Crippen molar-refractivity contribution in [2.75, 3.05) is 36.0 Å². The van der Waals surface area contributed by atoms with Crippen LogP contribution in [0, 0.1) is 13.8 Å². The lowest BCUT2D eigenvalue weighted by molar-refractivity contribution is 0.242. The summed E-state index contributed by atoms with van der Waals surface area (Å²) in [5.41, 5.74) is 10.7. The maximum atomic E-state index is 6.12. The highest BCUT2D eigenvalue weighted by molar-refractivity contribution is 7.99. The lowest BCUT2D eigenvalue weighted by Crippen LogP contribution is -2.36. The number of nitrogens with zero attached hydrogens (tertiary/aromatic N) is 3. The van der Waals surface area contributed by atoms with Crippen molar-refractivity contribution in [1.82, 2.24) is 9.88 Å². The molecule has 3 nitrogen and oxygen atoms in total. The van der Waals surface area contributed by atoms with E-state index < -0.39 is 0 Å². The molecule has 1 aromatic heterocycles. The molecule has 166 valence electrons. The molecule has 0 radical (unpaired) electrons. The smallest absolute Gasteiger partial charge is 0.0544 e. The van der Waals surface area contributed by atoms with Gasteiger partial charge in [-0.3, -0.25) is 9.88 Å². The van der Waals surface area contributed by atoms with E-state index in [-0.39, 0.29) is 0 Å². The highest BCUT2D eigenvalue weighted by Crippen LogP contribution is 2.33. The zero-order chi connectivity index (χ0) is 22.1. The van der Waals surface area contributed by atoms with Gasteiger partial charge in [-0.2, -0.15) is 11.8 Å². The van der Waals surface area contributed by atoms with E-state index in [1.807, 2.05) is 18.3 Å². The third-order valence-corrected chi connectivity index (χ3v) is 7.94. The van der Waals surface area contributed by atoms with Gasteiger partial charge in [-0.15, -0.1) is 0 Å². The van der Waals surface area contributed by atoms with Crippen LogP contribution >= 0.6 is 23.4 Å². The monoisotopic (exact) mass is 463 g/mol. The lowest BCUT2D eigenvalue weighted by Gasteiger charge is -2.36. The van der Waals surface area contributed by atoms with E-state index in [4.69, 9.17) is 16.6 Å². The predicted octanol–water partition coefficient (Wildman–Crippen LogP) is 6.13. The van der Waals surface area contributed by atoms with E-state index in [1.165, 1.54) is 39.4 Å². The third-order valence-electron chi connectivity index (χ3n) is 6.76. The zero-order valence-electron chi connectivity index (χ0n) is 18.9. The maximum absolute atomic E-state index is 6.12. The normalized spacial score (nSPS) is 16.8. The molecular formula is C27H30ClN3S. The Labute approximate surface area is 200 Å². The van der Waals surface area contributed by atoms with Crippen LogP contribution in [0.2, 0.25) is 5.02 Å². The molecule has 0 bridgehead atoms. The minimum absolute atomic E-state index is 0.777. The molecule has 0 aliphatic carbocycles. The van der Waals surface area contributed by atoms with Crippen LogP contribution in [-0.2, 0) is 19.5 Å². The van der Waals surface area contributed by atoms with Gasteiger partial charge in [0.1, 0.15) is 0 Å². The molecule has 2 aromatic carbocycles. The van der Waals surface area contributed by atoms with Gasteiger partial charge in [-0.05, 0) is 72.4 Å². The molecule has 1 fully saturated rings. The number of pyridine rings is 1. The highest BCUT2D eigenvalue weighted by atomic mass is 35.5. The van der Waals surface area contributed by atoms with Crippen LogP contribution in [0.4, 0.5) is 5.69 Å². The summed E-state index contributed by atoms with van der Waals surface area (Å²) in [6.45, 7) is 9.68. The standard InChI is InChI=1S/C27H30ClN3S/c1-19-3-8-27(31-11-13-32-14-12-31)26-18-30(10-9-25(19)26)17-23-6-4-21(16-29-23)24-7-5-22(28)15-20(24)2/h3-8,15-16H,9-14,17-18H2,1-2H3. The molecule has 32 heavy (non-hydrogen) atoms. The van der Waals surface area contributed by atoms with Crippen LogP contribution in [0.5, 0.6) is 0 Å². The topological polar surface area (TPSA) is 19.4 Å². The molecule has 0 N–H and O–H groups in total. The second kappa shape index (κ2) is 9.46. The SMILES string of the molecule is Cc1cc(Cl)ccc1-c1ccc(CN2CCc3c(C)ccc(N4CCSCC4)c3C2)nc1. The second-order valence-corrected chi connectivity index (χ2v) is 10.6. The number of aryl methyl sites for hydroxylation is 2. The number of aromatic nitrogens is 1. The van der Waals surface area contributed by atoms with Crippen molar-refractivity contribution in [2.24, 2.45) is 0 Å². The van der Waals surface area contributed by atoms with Crippen molar-refractivity contribution in [3.05, 3.63) is 81.6 Å². The molecule has 3 heterocycles. The van der Waals surface area contributed by atoms with Gasteiger partial charge < -0.3 is 4.90 Å². The molecular weight excluding hydrogens is 434 g/mol. The number of halogens is 1. The Morgan fingerprint density at radius 2 is 1.78 bits per heavy atom. The number of fused-ring (bicyclic) bond motifs is 1. The minimum Gasteiger partial charge on any atom is -0.370 e. The Morgan fingerprint density at radius 1 is 0.938 bits per heavy atom. The van der Waals surface area contributed by atoms with Crippen molar-refractivity contribution >= 4 is 29.1 Å². The van der Waals surface area contributed by atoms with Crippen LogP contribution in [-0.4, -0.2) is 41.0 Å². The number of hydrogen-bond donors (Lipinski definition) is 0. The van der Waals surface area contributed by atoms with E-state index in [9.17, 15) is 0 Å². The molecule has 0 atom stereocenters. The van der Waals surface area contributed by atoms with Crippen molar-refractivity contribution in [2.45, 2.75) is 33.4 Å². The van der Waals surface area contributed by atoms with Crippen molar-refractivity contribution < 1.29 is 0 Å². The highest BCUT2D eigenvalue weighted by Gasteiger charge is 2.24. The largest absolute Gasteiger partial charge is 0.370 e. The number of rotatable bonds is 4. The zero-order valence-corrected chi connectivity index (χ0v) is 20.5. The quantitative estimate of drug-likeness (QED) is 0.463. The van der Waals surface area contributed by atoms with Crippen molar-refractivity contribution in [3.63, 3.8) is 0 Å². The van der Waals surface area contributed by atoms with E-state index in [1.54, 1.807) is 5.56 Å². The van der Waals surface area contributed by atoms with Gasteiger partial charge in [0.05, 0.1) is 5.69 Å². The van der Waals surface area contributed by atoms with Gasteiger partial charge in [-0.25, -0.2) is 0 Å². The average molecular weight is 464 g/mol. The van der Waals surface area contributed by atoms with Gasteiger partial charge in [0.25, 0.3) is 0 Å². The molecule has 2 aliphatic rings. The Hall–Kier alpha value is -2.01. The van der Waals surface area contributed by atoms with Crippen molar-refractivity contribution in [1.29, 1.82) is 0 Å². The maximum Gasteiger partial charge on any atom is 0.0544 e. The van der Waals surface area contributed by atoms with E-state index >= 15 is 0 Å². The number of thioether (sulfide) groups is 1. The van der Waals surface area contributed by atoms with Crippen LogP contribution in [0.15, 0.2) is 48.7 Å². The molecule has 5 heteroatoms. The summed E-state index contributed by atoms with van der Waals surface area (Å²) in [5.74, 6) is 2.46. The molecule has 5 rings (SSSR count). The number of anilines is 1. The summed E-state index contributed by atoms with van der Waals surface area (Å²) < 4.78 is 0. The molecule has 0 spiro atoms. The average Bonchev–Trinajstić information content (AvgIpc) is 2.81. The summed E-state index contributed by atoms with van der Waals surface area (Å²) in [6, 6.07) is 15.1. The van der Waals surface area contributed by atoms with E-state index in [0.29, 0.717) is 0 Å². The predicted molar refractivity (Wildman–Crippen MR) is 138 cm³/mol. The van der Waals surface area contributed by atoms with Gasteiger partial charge in [0, 0.05) is 66.7 Å². The van der Waals surface area contributed by atoms with Crippen molar-refractivity contribution in [3.8, 4) is 11.1 Å². The fourth-order valence-electron chi connectivity index (χ4n) is 4.99. The van der Waals surface area contributed by atoms with Gasteiger partial charge in [0.2, 0.25) is 0 Å². The lowest BCUT2D eigenvalue weighted by atomic mass is 9.93. The van der Waals surface area contributed by atoms with E-state index in [0.717, 1.165) is 55.4 Å². The summed E-state index contributed by atoms with van der Waals surface area (Å²) in [7, 11) is 0. The summed E-state index contributed by atoms with van der Waals surface area (Å²) in [6.07, 6.45) is 3.13. The Balaban J connectivity index is 1.33. The summed E-state index contributed by atoms with van der Waals surface area (Å²) in [5, 5.41) is 0.777. The second-order valence-electron chi connectivity index (χ2n) is 8.92. The first-order valence-electron chi connectivity index (χ1n) is 11.5. The molecule has 2 aliphatic heterocycles. The third kappa shape index (κ3) is 4.54. The molecule has 0 unspecified atom stereocenters. The minimum atomic E-state index is 0.777. The number of hydrogen-bond acceptors (Lipinski definition) is 4. The van der Waals surface area contributed by atoms with E-state index in [2.05, 4.69) is 65.7 Å². The fraction of sp³-hybridized carbons (Fsp3) is 0.370. The Morgan fingerprint density at radius 3 is 2.53 bits per heavy atom. The first kappa shape index (κ1) is 21.8. The summed E-state index contributed by atoms with van der Waals surface area (Å²) >= 11 is 8.19. The number of benzene rings is 2.